The maximum absolute atomic E-state index is 11.4. The Bertz CT molecular complexity index is 1150. The molecule has 0 saturated carbocycles. The number of nitrogens with zero attached hydrogens (tertiary/aromatic N) is 3. The molecule has 1 unspecified atom stereocenters. The van der Waals surface area contributed by atoms with Gasteiger partial charge in [-0.05, 0) is 54.4 Å². The van der Waals surface area contributed by atoms with Gasteiger partial charge in [-0.25, -0.2) is 14.2 Å². The van der Waals surface area contributed by atoms with Crippen LogP contribution < -0.4 is 9.62 Å². The summed E-state index contributed by atoms with van der Waals surface area (Å²) in [4.78, 5) is 8.78. The van der Waals surface area contributed by atoms with Gasteiger partial charge in [-0.1, -0.05) is 36.4 Å². The molecule has 0 bridgehead atoms. The number of para-hydroxylation sites is 1. The summed E-state index contributed by atoms with van der Waals surface area (Å²) < 4.78 is 22.3. The molecule has 1 heterocycles. The zero-order valence-electron chi connectivity index (χ0n) is 15.8. The molecule has 7 heteroatoms. The van der Waals surface area contributed by atoms with Gasteiger partial charge in [0.2, 0.25) is 0 Å². The summed E-state index contributed by atoms with van der Waals surface area (Å²) in [6.45, 7) is 2.29. The zero-order valence-corrected chi connectivity index (χ0v) is 16.6. The predicted molar refractivity (Wildman–Crippen MR) is 118 cm³/mol. The van der Waals surface area contributed by atoms with E-state index in [1.165, 1.54) is 4.31 Å². The van der Waals surface area contributed by atoms with Crippen LogP contribution >= 0.6 is 0 Å². The molecule has 0 spiro atoms. The number of fused-ring (bicyclic) bond motifs is 1. The molecule has 0 aliphatic rings. The van der Waals surface area contributed by atoms with E-state index in [1.54, 1.807) is 6.33 Å². The van der Waals surface area contributed by atoms with Gasteiger partial charge < -0.3 is 5.32 Å². The number of nitrogens with one attached hydrogen (secondary N) is 1. The molecule has 0 amide bonds. The Morgan fingerprint density at radius 2 is 1.69 bits per heavy atom. The topological polar surface area (TPSA) is 78.4 Å². The van der Waals surface area contributed by atoms with Gasteiger partial charge in [-0.3, -0.25) is 8.86 Å². The largest absolute Gasteiger partial charge is 0.340 e. The molecule has 29 heavy (non-hydrogen) atoms. The third-order valence-corrected chi connectivity index (χ3v) is 5.48. The average molecular weight is 404 g/mol. The quantitative estimate of drug-likeness (QED) is 0.442. The van der Waals surface area contributed by atoms with Gasteiger partial charge in [-0.2, -0.15) is 0 Å². The van der Waals surface area contributed by atoms with Crippen LogP contribution in [0.4, 0.5) is 17.2 Å². The number of aromatic nitrogens is 2. The Balaban J connectivity index is 1.70. The lowest BCUT2D eigenvalue weighted by Gasteiger charge is -2.18. The van der Waals surface area contributed by atoms with Crippen LogP contribution in [0, 0.1) is 0 Å². The maximum atomic E-state index is 11.4. The summed E-state index contributed by atoms with van der Waals surface area (Å²) in [6.07, 6.45) is 1.55. The van der Waals surface area contributed by atoms with Crippen molar-refractivity contribution in [2.24, 2.45) is 0 Å². The van der Waals surface area contributed by atoms with Crippen molar-refractivity contribution in [1.29, 1.82) is 0 Å². The first-order valence-electron chi connectivity index (χ1n) is 9.21. The Labute approximate surface area is 171 Å². The second kappa shape index (κ2) is 8.38. The highest BCUT2D eigenvalue weighted by Gasteiger charge is 2.11. The Hall–Kier alpha value is -3.29. The third kappa shape index (κ3) is 4.11. The highest BCUT2D eigenvalue weighted by molar-refractivity contribution is 7.80. The van der Waals surface area contributed by atoms with Crippen LogP contribution in [0.15, 0.2) is 79.1 Å². The molecule has 1 aromatic heterocycles. The second-order valence-corrected chi connectivity index (χ2v) is 7.32. The van der Waals surface area contributed by atoms with Crippen LogP contribution in [0.5, 0.6) is 0 Å². The lowest BCUT2D eigenvalue weighted by atomic mass is 10.0. The second-order valence-electron chi connectivity index (χ2n) is 6.42. The minimum absolute atomic E-state index is 0.449. The molecule has 146 valence electrons. The average Bonchev–Trinajstić information content (AvgIpc) is 2.75. The van der Waals surface area contributed by atoms with E-state index < -0.39 is 11.3 Å². The van der Waals surface area contributed by atoms with Crippen LogP contribution in [0.2, 0.25) is 0 Å². The van der Waals surface area contributed by atoms with E-state index in [2.05, 4.69) is 21.4 Å². The van der Waals surface area contributed by atoms with Crippen molar-refractivity contribution < 1.29 is 8.76 Å². The van der Waals surface area contributed by atoms with E-state index in [-0.39, 0.29) is 0 Å². The SMILES string of the molecule is CCN(c1ccc(-c2ccc3ncnc(Nc4ccccc4)c3c2)cc1)S(=O)O. The van der Waals surface area contributed by atoms with Crippen molar-refractivity contribution in [2.45, 2.75) is 6.92 Å². The zero-order chi connectivity index (χ0) is 20.2. The first-order valence-corrected chi connectivity index (χ1v) is 10.3. The first kappa shape index (κ1) is 19.0. The summed E-state index contributed by atoms with van der Waals surface area (Å²) in [5.74, 6) is 0.743. The fourth-order valence-corrected chi connectivity index (χ4v) is 3.72. The first-order chi connectivity index (χ1) is 14.2. The normalized spacial score (nSPS) is 11.9. The highest BCUT2D eigenvalue weighted by Crippen LogP contribution is 2.29. The molecule has 4 rings (SSSR count). The van der Waals surface area contributed by atoms with Crippen molar-refractivity contribution in [2.75, 3.05) is 16.2 Å². The molecular formula is C22H20N4O2S. The Kier molecular flexibility index (Phi) is 5.50. The molecule has 3 aromatic carbocycles. The lowest BCUT2D eigenvalue weighted by Crippen LogP contribution is -2.24. The van der Waals surface area contributed by atoms with E-state index in [0.717, 1.165) is 33.5 Å². The van der Waals surface area contributed by atoms with Crippen LogP contribution in [0.1, 0.15) is 6.92 Å². The molecule has 6 nitrogen and oxygen atoms in total. The third-order valence-electron chi connectivity index (χ3n) is 4.64. The van der Waals surface area contributed by atoms with Crippen molar-refractivity contribution in [3.8, 4) is 11.1 Å². The number of hydrogen-bond acceptors (Lipinski definition) is 4. The van der Waals surface area contributed by atoms with E-state index in [0.29, 0.717) is 12.2 Å². The van der Waals surface area contributed by atoms with E-state index in [1.807, 2.05) is 73.7 Å². The number of rotatable bonds is 6. The molecule has 0 radical (unpaired) electrons. The van der Waals surface area contributed by atoms with Crippen molar-refractivity contribution >= 4 is 39.4 Å². The Morgan fingerprint density at radius 3 is 2.38 bits per heavy atom. The van der Waals surface area contributed by atoms with E-state index >= 15 is 0 Å². The van der Waals surface area contributed by atoms with Gasteiger partial charge in [-0.15, -0.1) is 0 Å². The van der Waals surface area contributed by atoms with Crippen LogP contribution in [-0.2, 0) is 11.3 Å². The standard InChI is InChI=1S/C22H20N4O2S/c1-2-26(29(27)28)19-11-8-16(9-12-19)17-10-13-21-20(14-17)22(24-15-23-21)25-18-6-4-3-5-7-18/h3-15H,2H2,1H3,(H,27,28)(H,23,24,25). The molecule has 2 N–H and O–H groups in total. The summed E-state index contributed by atoms with van der Waals surface area (Å²) >= 11 is -2.04. The van der Waals surface area contributed by atoms with Gasteiger partial charge in [0.05, 0.1) is 11.2 Å². The van der Waals surface area contributed by atoms with Gasteiger partial charge in [0, 0.05) is 17.6 Å². The predicted octanol–water partition coefficient (Wildman–Crippen LogP) is 5.00. The fraction of sp³-hybridized carbons (Fsp3) is 0.0909. The molecule has 0 aliphatic heterocycles. The number of benzene rings is 3. The van der Waals surface area contributed by atoms with Gasteiger partial charge in [0.25, 0.3) is 11.3 Å². The minimum Gasteiger partial charge on any atom is -0.340 e. The minimum atomic E-state index is -2.04. The van der Waals surface area contributed by atoms with Crippen LogP contribution in [0.3, 0.4) is 0 Å². The lowest BCUT2D eigenvalue weighted by molar-refractivity contribution is 0.560. The Morgan fingerprint density at radius 1 is 0.966 bits per heavy atom. The van der Waals surface area contributed by atoms with Gasteiger partial charge in [0.15, 0.2) is 0 Å². The monoisotopic (exact) mass is 404 g/mol. The van der Waals surface area contributed by atoms with Crippen LogP contribution in [0.25, 0.3) is 22.0 Å². The van der Waals surface area contributed by atoms with Gasteiger partial charge >= 0.3 is 0 Å². The molecule has 0 saturated heterocycles. The maximum Gasteiger partial charge on any atom is 0.261 e. The van der Waals surface area contributed by atoms with E-state index in [4.69, 9.17) is 0 Å². The summed E-state index contributed by atoms with van der Waals surface area (Å²) in [5.41, 5.74) is 4.53. The number of anilines is 3. The van der Waals surface area contributed by atoms with Gasteiger partial charge in [0.1, 0.15) is 12.1 Å². The van der Waals surface area contributed by atoms with E-state index in [9.17, 15) is 8.76 Å². The molecule has 0 fully saturated rings. The van der Waals surface area contributed by atoms with Crippen molar-refractivity contribution in [3.63, 3.8) is 0 Å². The van der Waals surface area contributed by atoms with Crippen molar-refractivity contribution in [1.82, 2.24) is 9.97 Å². The highest BCUT2D eigenvalue weighted by atomic mass is 32.2. The molecule has 1 atom stereocenters. The molecular weight excluding hydrogens is 384 g/mol. The smallest absolute Gasteiger partial charge is 0.261 e. The summed E-state index contributed by atoms with van der Waals surface area (Å²) in [7, 11) is 0. The summed E-state index contributed by atoms with van der Waals surface area (Å²) in [6, 6.07) is 23.5. The fourth-order valence-electron chi connectivity index (χ4n) is 3.20. The molecule has 0 aliphatic carbocycles. The summed E-state index contributed by atoms with van der Waals surface area (Å²) in [5, 5.41) is 4.27. The number of hydrogen-bond donors (Lipinski definition) is 2. The van der Waals surface area contributed by atoms with Crippen LogP contribution in [-0.4, -0.2) is 25.3 Å². The molecule has 4 aromatic rings. The van der Waals surface area contributed by atoms with Crippen molar-refractivity contribution in [3.05, 3.63) is 79.1 Å².